The van der Waals surface area contributed by atoms with Gasteiger partial charge in [-0.25, -0.2) is 0 Å². The Balaban J connectivity index is 2.46. The van der Waals surface area contributed by atoms with Crippen LogP contribution in [0.25, 0.3) is 0 Å². The first-order chi connectivity index (χ1) is 8.67. The molecule has 0 saturated carbocycles. The minimum atomic E-state index is 0.173. The number of ether oxygens (including phenoxy) is 2. The van der Waals surface area contributed by atoms with Crippen molar-refractivity contribution in [2.75, 3.05) is 40.4 Å². The summed E-state index contributed by atoms with van der Waals surface area (Å²) >= 11 is 0. The third-order valence-corrected chi connectivity index (χ3v) is 3.65. The first-order valence-electron chi connectivity index (χ1n) is 7.20. The van der Waals surface area contributed by atoms with Crippen molar-refractivity contribution in [3.8, 4) is 0 Å². The van der Waals surface area contributed by atoms with Gasteiger partial charge in [-0.1, -0.05) is 13.8 Å². The third kappa shape index (κ3) is 5.78. The molecule has 0 bridgehead atoms. The molecule has 1 aliphatic rings. The fourth-order valence-electron chi connectivity index (χ4n) is 2.57. The van der Waals surface area contributed by atoms with E-state index in [-0.39, 0.29) is 23.2 Å². The first kappa shape index (κ1) is 16.9. The Kier molecular flexibility index (Phi) is 5.80. The van der Waals surface area contributed by atoms with Crippen LogP contribution in [0.2, 0.25) is 0 Å². The molecule has 0 aromatic carbocycles. The van der Waals surface area contributed by atoms with Gasteiger partial charge in [-0.15, -0.1) is 0 Å². The predicted octanol–water partition coefficient (Wildman–Crippen LogP) is 1.75. The molecule has 1 rings (SSSR count). The summed E-state index contributed by atoms with van der Waals surface area (Å²) in [6.45, 7) is 15.3. The molecule has 0 amide bonds. The zero-order valence-electron chi connectivity index (χ0n) is 13.7. The molecule has 2 unspecified atom stereocenters. The maximum atomic E-state index is 5.49. The number of hydrogen-bond donors (Lipinski definition) is 1. The molecule has 4 heteroatoms. The highest BCUT2D eigenvalue weighted by atomic mass is 16.5. The van der Waals surface area contributed by atoms with Crippen LogP contribution in [-0.2, 0) is 9.47 Å². The van der Waals surface area contributed by atoms with Crippen molar-refractivity contribution in [3.63, 3.8) is 0 Å². The maximum absolute atomic E-state index is 5.49. The molecule has 0 spiro atoms. The zero-order chi connectivity index (χ0) is 14.7. The van der Waals surface area contributed by atoms with Gasteiger partial charge in [-0.3, -0.25) is 4.90 Å². The van der Waals surface area contributed by atoms with Crippen molar-refractivity contribution >= 4 is 0 Å². The monoisotopic (exact) mass is 272 g/mol. The molecule has 2 atom stereocenters. The van der Waals surface area contributed by atoms with Crippen LogP contribution in [-0.4, -0.2) is 63.0 Å². The summed E-state index contributed by atoms with van der Waals surface area (Å²) in [5.41, 5.74) is 0.417. The van der Waals surface area contributed by atoms with Crippen LogP contribution < -0.4 is 5.32 Å². The highest BCUT2D eigenvalue weighted by molar-refractivity contribution is 4.89. The van der Waals surface area contributed by atoms with E-state index in [1.165, 1.54) is 0 Å². The van der Waals surface area contributed by atoms with Gasteiger partial charge in [0.1, 0.15) is 0 Å². The summed E-state index contributed by atoms with van der Waals surface area (Å²) in [5.74, 6) is 0. The van der Waals surface area contributed by atoms with Gasteiger partial charge < -0.3 is 14.8 Å². The van der Waals surface area contributed by atoms with Crippen molar-refractivity contribution in [2.45, 2.75) is 52.4 Å². The van der Waals surface area contributed by atoms with E-state index in [4.69, 9.17) is 9.47 Å². The fraction of sp³-hybridized carbons (Fsp3) is 1.00. The van der Waals surface area contributed by atoms with Gasteiger partial charge in [0.05, 0.1) is 12.2 Å². The molecule has 1 aliphatic heterocycles. The van der Waals surface area contributed by atoms with E-state index in [1.54, 1.807) is 14.2 Å². The molecule has 114 valence electrons. The van der Waals surface area contributed by atoms with Crippen LogP contribution in [0.15, 0.2) is 0 Å². The third-order valence-electron chi connectivity index (χ3n) is 3.65. The lowest BCUT2D eigenvalue weighted by atomic mass is 9.91. The second-order valence-electron chi connectivity index (χ2n) is 7.51. The fourth-order valence-corrected chi connectivity index (χ4v) is 2.57. The molecule has 0 aromatic heterocycles. The highest BCUT2D eigenvalue weighted by Gasteiger charge is 2.35. The molecule has 4 nitrogen and oxygen atoms in total. The van der Waals surface area contributed by atoms with Crippen molar-refractivity contribution in [3.05, 3.63) is 0 Å². The molecular formula is C15H32N2O2. The Bertz CT molecular complexity index is 262. The second kappa shape index (κ2) is 6.53. The average Bonchev–Trinajstić information content (AvgIpc) is 2.67. The molecule has 0 aliphatic carbocycles. The van der Waals surface area contributed by atoms with Crippen LogP contribution >= 0.6 is 0 Å². The van der Waals surface area contributed by atoms with Crippen molar-refractivity contribution in [2.24, 2.45) is 5.41 Å². The van der Waals surface area contributed by atoms with Gasteiger partial charge in [0.25, 0.3) is 0 Å². The minimum Gasteiger partial charge on any atom is -0.377 e. The van der Waals surface area contributed by atoms with Gasteiger partial charge >= 0.3 is 0 Å². The summed E-state index contributed by atoms with van der Waals surface area (Å²) in [6, 6.07) is 0. The Morgan fingerprint density at radius 1 is 1.00 bits per heavy atom. The average molecular weight is 272 g/mol. The summed E-state index contributed by atoms with van der Waals surface area (Å²) in [7, 11) is 3.54. The Labute approximate surface area is 118 Å². The van der Waals surface area contributed by atoms with Crippen LogP contribution in [0.1, 0.15) is 34.6 Å². The van der Waals surface area contributed by atoms with Gasteiger partial charge in [0.15, 0.2) is 0 Å². The molecule has 1 saturated heterocycles. The number of nitrogens with zero attached hydrogens (tertiary/aromatic N) is 1. The van der Waals surface area contributed by atoms with Crippen LogP contribution in [0.3, 0.4) is 0 Å². The summed E-state index contributed by atoms with van der Waals surface area (Å²) < 4.78 is 11.0. The lowest BCUT2D eigenvalue weighted by Crippen LogP contribution is -2.46. The van der Waals surface area contributed by atoms with E-state index in [0.29, 0.717) is 0 Å². The van der Waals surface area contributed by atoms with E-state index in [0.717, 1.165) is 26.2 Å². The topological polar surface area (TPSA) is 33.7 Å². The number of rotatable bonds is 6. The van der Waals surface area contributed by atoms with Gasteiger partial charge in [-0.2, -0.15) is 0 Å². The van der Waals surface area contributed by atoms with Gasteiger partial charge in [0.2, 0.25) is 0 Å². The molecule has 1 heterocycles. The minimum absolute atomic E-state index is 0.173. The lowest BCUT2D eigenvalue weighted by molar-refractivity contribution is -0.00461. The molecule has 19 heavy (non-hydrogen) atoms. The molecule has 1 N–H and O–H groups in total. The molecule has 1 fully saturated rings. The summed E-state index contributed by atoms with van der Waals surface area (Å²) in [6.07, 6.45) is 0.410. The van der Waals surface area contributed by atoms with Crippen molar-refractivity contribution in [1.82, 2.24) is 10.2 Å². The normalized spacial score (nSPS) is 26.1. The van der Waals surface area contributed by atoms with E-state index >= 15 is 0 Å². The predicted molar refractivity (Wildman–Crippen MR) is 79.6 cm³/mol. The lowest BCUT2D eigenvalue weighted by Gasteiger charge is -2.33. The maximum Gasteiger partial charge on any atom is 0.0971 e. The van der Waals surface area contributed by atoms with E-state index in [1.807, 2.05) is 0 Å². The Hall–Kier alpha value is -0.160. The number of hydrogen-bond acceptors (Lipinski definition) is 4. The van der Waals surface area contributed by atoms with Gasteiger partial charge in [0, 0.05) is 45.9 Å². The van der Waals surface area contributed by atoms with Crippen LogP contribution in [0.5, 0.6) is 0 Å². The highest BCUT2D eigenvalue weighted by Crippen LogP contribution is 2.23. The van der Waals surface area contributed by atoms with Crippen LogP contribution in [0, 0.1) is 5.41 Å². The standard InChI is InChI=1S/C15H32N2O2/c1-14(2,3)16-10-15(4,5)11-17-8-12(18-6)13(9-17)19-7/h12-13,16H,8-11H2,1-7H3. The number of methoxy groups -OCH3 is 2. The Morgan fingerprint density at radius 3 is 1.84 bits per heavy atom. The summed E-state index contributed by atoms with van der Waals surface area (Å²) in [4.78, 5) is 2.45. The second-order valence-corrected chi connectivity index (χ2v) is 7.51. The van der Waals surface area contributed by atoms with E-state index in [2.05, 4.69) is 44.8 Å². The van der Waals surface area contributed by atoms with Crippen molar-refractivity contribution in [1.29, 1.82) is 0 Å². The van der Waals surface area contributed by atoms with Crippen LogP contribution in [0.4, 0.5) is 0 Å². The van der Waals surface area contributed by atoms with E-state index < -0.39 is 0 Å². The number of nitrogens with one attached hydrogen (secondary N) is 1. The Morgan fingerprint density at radius 2 is 1.47 bits per heavy atom. The van der Waals surface area contributed by atoms with E-state index in [9.17, 15) is 0 Å². The smallest absolute Gasteiger partial charge is 0.0971 e. The quantitative estimate of drug-likeness (QED) is 0.799. The van der Waals surface area contributed by atoms with Crippen molar-refractivity contribution < 1.29 is 9.47 Å². The molecule has 0 aromatic rings. The zero-order valence-corrected chi connectivity index (χ0v) is 13.7. The summed E-state index contributed by atoms with van der Waals surface area (Å²) in [5, 5.41) is 3.60. The SMILES string of the molecule is COC1CN(CC(C)(C)CNC(C)(C)C)CC1OC. The molecular weight excluding hydrogens is 240 g/mol. The first-order valence-corrected chi connectivity index (χ1v) is 7.20. The number of likely N-dealkylation sites (tertiary alicyclic amines) is 1. The molecule has 0 radical (unpaired) electrons. The van der Waals surface area contributed by atoms with Gasteiger partial charge in [-0.05, 0) is 26.2 Å². The largest absolute Gasteiger partial charge is 0.377 e.